The average molecular weight is 1000 g/mol. The highest BCUT2D eigenvalue weighted by atomic mass is 35.5. The van der Waals surface area contributed by atoms with Crippen LogP contribution in [0.25, 0.3) is 0 Å². The second-order valence-electron chi connectivity index (χ2n) is 19.1. The molecule has 0 bridgehead atoms. The number of nitrogens with one attached hydrogen (secondary N) is 3. The van der Waals surface area contributed by atoms with Gasteiger partial charge in [0.05, 0.1) is 5.34 Å². The minimum atomic E-state index is -4.77. The Morgan fingerprint density at radius 1 is 0.691 bits per heavy atom. The highest BCUT2D eigenvalue weighted by Crippen LogP contribution is 2.36. The maximum atomic E-state index is 12.8. The van der Waals surface area contributed by atoms with Crippen LogP contribution in [0.2, 0.25) is 0 Å². The van der Waals surface area contributed by atoms with Gasteiger partial charge in [-0.3, -0.25) is 20.0 Å². The number of nitrogens with zero attached hydrogens (tertiary/aromatic N) is 5. The molecule has 4 fully saturated rings. The van der Waals surface area contributed by atoms with Crippen LogP contribution < -0.4 is 25.4 Å². The SMILES string of the molecule is CC(C)(C)OC(=O)N1CCC2(CC1)N=C(c1cccc(OC(F)(F)F)c1)NC2=NCC1CCCCC1.ClCCl.FC(F)(F)Oc1cccc(C2=NC3(CCNCC3)C(=NCC3CCCCC3)N2)c1. The van der Waals surface area contributed by atoms with Gasteiger partial charge in [0.15, 0.2) is 0 Å². The Morgan fingerprint density at radius 2 is 1.10 bits per heavy atom. The average Bonchev–Trinajstić information content (AvgIpc) is 3.82. The quantitative estimate of drug-likeness (QED) is 0.177. The van der Waals surface area contributed by atoms with Gasteiger partial charge in [0.2, 0.25) is 0 Å². The Labute approximate surface area is 405 Å². The molecule has 376 valence electrons. The smallest absolute Gasteiger partial charge is 0.444 e. The molecule has 6 aliphatic rings. The Balaban J connectivity index is 0.000000216. The van der Waals surface area contributed by atoms with Gasteiger partial charge >= 0.3 is 18.8 Å². The fourth-order valence-corrected chi connectivity index (χ4v) is 9.48. The lowest BCUT2D eigenvalue weighted by Gasteiger charge is -2.37. The monoisotopic (exact) mass is 1000 g/mol. The summed E-state index contributed by atoms with van der Waals surface area (Å²) in [7, 11) is 0. The zero-order chi connectivity index (χ0) is 49.0. The van der Waals surface area contributed by atoms with Gasteiger partial charge in [-0.2, -0.15) is 0 Å². The molecule has 0 aromatic heterocycles. The van der Waals surface area contributed by atoms with E-state index in [0.717, 1.165) is 57.0 Å². The molecule has 4 aliphatic heterocycles. The molecule has 2 aromatic rings. The second kappa shape index (κ2) is 23.5. The lowest BCUT2D eigenvalue weighted by atomic mass is 9.87. The van der Waals surface area contributed by atoms with Gasteiger partial charge in [-0.25, -0.2) is 4.79 Å². The van der Waals surface area contributed by atoms with Gasteiger partial charge in [-0.1, -0.05) is 62.8 Å². The Kier molecular flexibility index (Phi) is 18.4. The first-order valence-electron chi connectivity index (χ1n) is 23.6. The standard InChI is InChI=1S/C26H35F3N4O3.C21H27F3N4O.CH2Cl2/c1-24(2,3)36-23(34)33-14-12-25(13-15-33)22(30-17-18-8-5-4-6-9-18)31-21(32-25)19-10-7-11-20(16-19)35-26(27,28)29;22-21(23,24)29-17-8-4-7-16(13-17)18-27-19(20(28-18)9-11-25-12-10-20)26-14-15-5-2-1-3-6-15;2-1-3/h7,10-11,16,18H,4-6,8-9,12-15,17H2,1-3H3,(H,30,31,32);4,7-8,13,15,25H,1-3,5-6,9-12,14H2,(H,26,27,28);1H2. The number of amidine groups is 4. The van der Waals surface area contributed by atoms with Crippen LogP contribution in [0, 0.1) is 11.8 Å². The van der Waals surface area contributed by atoms with Crippen molar-refractivity contribution in [1.29, 1.82) is 0 Å². The van der Waals surface area contributed by atoms with Crippen molar-refractivity contribution in [2.75, 3.05) is 44.6 Å². The van der Waals surface area contributed by atoms with Crippen molar-refractivity contribution in [2.24, 2.45) is 31.8 Å². The maximum Gasteiger partial charge on any atom is 0.573 e. The number of ether oxygens (including phenoxy) is 3. The number of aliphatic imine (C=N–C) groups is 4. The Hall–Kier alpha value is -4.29. The van der Waals surface area contributed by atoms with E-state index in [1.54, 1.807) is 23.1 Å². The zero-order valence-electron chi connectivity index (χ0n) is 39.0. The third-order valence-corrected chi connectivity index (χ3v) is 12.8. The summed E-state index contributed by atoms with van der Waals surface area (Å²) in [5, 5.41) is 10.2. The van der Waals surface area contributed by atoms with E-state index in [1.807, 2.05) is 20.8 Å². The molecule has 2 spiro atoms. The van der Waals surface area contributed by atoms with Gasteiger partial charge in [-0.05, 0) is 121 Å². The predicted molar refractivity (Wildman–Crippen MR) is 255 cm³/mol. The third kappa shape index (κ3) is 15.6. The summed E-state index contributed by atoms with van der Waals surface area (Å²) in [6.45, 7) is 9.58. The molecular formula is C48H64Cl2F6N8O4. The van der Waals surface area contributed by atoms with Gasteiger partial charge < -0.3 is 35.1 Å². The maximum absolute atomic E-state index is 12.8. The summed E-state index contributed by atoms with van der Waals surface area (Å²) >= 11 is 9.53. The first kappa shape index (κ1) is 53.1. The number of piperidine rings is 2. The number of hydrogen-bond donors (Lipinski definition) is 3. The Bertz CT molecular complexity index is 2100. The van der Waals surface area contributed by atoms with Gasteiger partial charge in [0, 0.05) is 37.3 Å². The molecule has 0 radical (unpaired) electrons. The van der Waals surface area contributed by atoms with Crippen LogP contribution in [-0.4, -0.2) is 108 Å². The number of amides is 1. The van der Waals surface area contributed by atoms with E-state index < -0.39 is 29.4 Å². The van der Waals surface area contributed by atoms with Crippen LogP contribution in [0.1, 0.15) is 122 Å². The number of rotatable bonds is 8. The van der Waals surface area contributed by atoms with Crippen molar-refractivity contribution in [3.8, 4) is 11.5 Å². The molecule has 3 N–H and O–H groups in total. The van der Waals surface area contributed by atoms with Gasteiger partial charge in [0.1, 0.15) is 51.5 Å². The van der Waals surface area contributed by atoms with Crippen molar-refractivity contribution < 1.29 is 45.3 Å². The number of hydrogen-bond acceptors (Lipinski definition) is 9. The molecule has 0 unspecified atom stereocenters. The summed E-state index contributed by atoms with van der Waals surface area (Å²) in [4.78, 5) is 34.0. The van der Waals surface area contributed by atoms with Gasteiger partial charge in [-0.15, -0.1) is 49.5 Å². The van der Waals surface area contributed by atoms with Crippen LogP contribution in [0.15, 0.2) is 68.5 Å². The summed E-state index contributed by atoms with van der Waals surface area (Å²) in [5.74, 6) is 3.23. The Morgan fingerprint density at radius 3 is 1.50 bits per heavy atom. The lowest BCUT2D eigenvalue weighted by Crippen LogP contribution is -2.51. The second-order valence-corrected chi connectivity index (χ2v) is 19.9. The van der Waals surface area contributed by atoms with Gasteiger partial charge in [0.25, 0.3) is 0 Å². The summed E-state index contributed by atoms with van der Waals surface area (Å²) in [6.07, 6.45) is 5.19. The van der Waals surface area contributed by atoms with E-state index in [-0.39, 0.29) is 22.9 Å². The van der Waals surface area contributed by atoms with E-state index >= 15 is 0 Å². The fraction of sp³-hybridized carbons (Fsp3) is 0.646. The van der Waals surface area contributed by atoms with Crippen LogP contribution in [0.3, 0.4) is 0 Å². The molecule has 68 heavy (non-hydrogen) atoms. The van der Waals surface area contributed by atoms with Crippen molar-refractivity contribution in [3.63, 3.8) is 0 Å². The molecule has 2 saturated carbocycles. The number of benzene rings is 2. The molecule has 4 heterocycles. The first-order valence-corrected chi connectivity index (χ1v) is 24.7. The topological polar surface area (TPSA) is 134 Å². The molecule has 8 rings (SSSR count). The van der Waals surface area contributed by atoms with Crippen molar-refractivity contribution in [1.82, 2.24) is 20.9 Å². The van der Waals surface area contributed by atoms with Crippen molar-refractivity contribution in [2.45, 2.75) is 140 Å². The normalized spacial score (nSPS) is 22.0. The predicted octanol–water partition coefficient (Wildman–Crippen LogP) is 11.1. The molecule has 0 atom stereocenters. The van der Waals surface area contributed by atoms with Crippen molar-refractivity contribution >= 4 is 52.6 Å². The molecule has 2 aromatic carbocycles. The molecule has 12 nitrogen and oxygen atoms in total. The summed E-state index contributed by atoms with van der Waals surface area (Å²) in [5.41, 5.74) is -0.566. The third-order valence-electron chi connectivity index (χ3n) is 12.8. The summed E-state index contributed by atoms with van der Waals surface area (Å²) < 4.78 is 89.7. The van der Waals surface area contributed by atoms with E-state index in [4.69, 9.17) is 47.9 Å². The van der Waals surface area contributed by atoms with E-state index in [9.17, 15) is 31.1 Å². The van der Waals surface area contributed by atoms with E-state index in [0.29, 0.717) is 67.1 Å². The largest absolute Gasteiger partial charge is 0.573 e. The zero-order valence-corrected chi connectivity index (χ0v) is 40.5. The first-order chi connectivity index (χ1) is 32.3. The summed E-state index contributed by atoms with van der Waals surface area (Å²) in [6, 6.07) is 11.8. The molecular weight excluding hydrogens is 937 g/mol. The molecule has 2 aliphatic carbocycles. The fourth-order valence-electron chi connectivity index (χ4n) is 9.48. The minimum Gasteiger partial charge on any atom is -0.444 e. The van der Waals surface area contributed by atoms with Crippen molar-refractivity contribution in [3.05, 3.63) is 59.7 Å². The number of alkyl halides is 8. The van der Waals surface area contributed by atoms with E-state index in [1.165, 1.54) is 81.7 Å². The molecule has 1 amide bonds. The highest BCUT2D eigenvalue weighted by molar-refractivity contribution is 6.40. The number of carbonyl (C=O) groups excluding carboxylic acids is 1. The molecule has 20 heteroatoms. The number of halogens is 8. The minimum absolute atomic E-state index is 0.194. The highest BCUT2D eigenvalue weighted by Gasteiger charge is 2.46. The van der Waals surface area contributed by atoms with Crippen LogP contribution >= 0.6 is 23.2 Å². The van der Waals surface area contributed by atoms with E-state index in [2.05, 4.69) is 25.4 Å². The van der Waals surface area contributed by atoms with Crippen LogP contribution in [0.5, 0.6) is 11.5 Å². The number of likely N-dealkylation sites (tertiary alicyclic amines) is 1. The lowest BCUT2D eigenvalue weighted by molar-refractivity contribution is -0.275. The van der Waals surface area contributed by atoms with Crippen LogP contribution in [0.4, 0.5) is 31.1 Å². The molecule has 2 saturated heterocycles. The number of carbonyl (C=O) groups is 1. The van der Waals surface area contributed by atoms with Crippen LogP contribution in [-0.2, 0) is 4.74 Å².